The number of hydrogen-bond acceptors (Lipinski definition) is 8. The first-order chi connectivity index (χ1) is 23.2. The van der Waals surface area contributed by atoms with E-state index in [4.69, 9.17) is 6.11 Å². The number of halogens is 5. The van der Waals surface area contributed by atoms with Gasteiger partial charge in [0.2, 0.25) is 0 Å². The van der Waals surface area contributed by atoms with Crippen LogP contribution in [0.25, 0.3) is 27.4 Å². The number of hydrogen-bond donors (Lipinski definition) is 2. The minimum atomic E-state index is -5.05. The first-order valence-electron chi connectivity index (χ1n) is 16.8. The van der Waals surface area contributed by atoms with Gasteiger partial charge in [-0.05, 0) is 67.8 Å². The molecule has 4 saturated heterocycles. The highest BCUT2D eigenvalue weighted by Crippen LogP contribution is 2.42. The predicted molar refractivity (Wildman–Crippen MR) is 169 cm³/mol. The van der Waals surface area contributed by atoms with Crippen LogP contribution in [0.4, 0.5) is 27.8 Å². The van der Waals surface area contributed by atoms with Crippen molar-refractivity contribution in [2.45, 2.75) is 75.4 Å². The summed E-state index contributed by atoms with van der Waals surface area (Å²) in [6, 6.07) is 5.59. The molecule has 0 amide bonds. The van der Waals surface area contributed by atoms with Crippen LogP contribution in [0, 0.1) is 5.82 Å². The third-order valence-electron chi connectivity index (χ3n) is 10.5. The quantitative estimate of drug-likeness (QED) is 0.269. The Morgan fingerprint density at radius 3 is 2.65 bits per heavy atom. The Bertz CT molecular complexity index is 2050. The van der Waals surface area contributed by atoms with E-state index in [-0.39, 0.29) is 82.8 Å². The fourth-order valence-corrected chi connectivity index (χ4v) is 8.35. The summed E-state index contributed by atoms with van der Waals surface area (Å²) in [5, 5.41) is 14.3. The first-order valence-corrected chi connectivity index (χ1v) is 16.3. The van der Waals surface area contributed by atoms with Crippen LogP contribution in [0.5, 0.6) is 11.8 Å². The standard InChI is InChI=1S/C34H35F5N6O3/c1-2-23-25(36)7-4-18-10-22(46)11-26(28(18)23)45-27(34(37,38)39)12-24-29(31(45)47)41-32(42-30(24)43-15-20-5-6-21(16-43)40-20)48-17-33-8-3-9-44(33)14-19(35)13-33/h4,7,10-12,19-21,40,46H,2-3,5-6,8-9,13-17H2,1H3/t19-,20-,21+,33+/m1/s1/i19D. The number of aromatic hydroxyl groups is 1. The zero-order valence-electron chi connectivity index (χ0n) is 27.2. The summed E-state index contributed by atoms with van der Waals surface area (Å²) in [4.78, 5) is 27.2. The number of phenols is 1. The largest absolute Gasteiger partial charge is 0.508 e. The third-order valence-corrected chi connectivity index (χ3v) is 10.5. The molecular weight excluding hydrogens is 635 g/mol. The normalized spacial score (nSPS) is 27.6. The molecule has 4 atom stereocenters. The van der Waals surface area contributed by atoms with Crippen molar-refractivity contribution in [2.75, 3.05) is 37.7 Å². The first kappa shape index (κ1) is 30.1. The highest BCUT2D eigenvalue weighted by Gasteiger charge is 2.49. The highest BCUT2D eigenvalue weighted by atomic mass is 19.4. The molecular formula is C34H35F5N6O3. The molecule has 48 heavy (non-hydrogen) atoms. The predicted octanol–water partition coefficient (Wildman–Crippen LogP) is 5.26. The van der Waals surface area contributed by atoms with Crippen LogP contribution in [-0.2, 0) is 12.6 Å². The van der Waals surface area contributed by atoms with E-state index in [1.165, 1.54) is 18.2 Å². The molecule has 4 aliphatic rings. The number of alkyl halides is 4. The monoisotopic (exact) mass is 671 g/mol. The molecule has 2 aromatic heterocycles. The number of nitrogens with zero attached hydrogens (tertiary/aromatic N) is 5. The second-order valence-electron chi connectivity index (χ2n) is 13.5. The maximum Gasteiger partial charge on any atom is 0.431 e. The molecule has 2 bridgehead atoms. The van der Waals surface area contributed by atoms with Crippen molar-refractivity contribution in [3.63, 3.8) is 0 Å². The molecule has 8 rings (SSSR count). The molecule has 0 radical (unpaired) electrons. The molecule has 0 unspecified atom stereocenters. The van der Waals surface area contributed by atoms with E-state index in [9.17, 15) is 14.3 Å². The van der Waals surface area contributed by atoms with Crippen molar-refractivity contribution in [3.8, 4) is 17.4 Å². The van der Waals surface area contributed by atoms with Crippen molar-refractivity contribution in [1.82, 2.24) is 24.8 Å². The van der Waals surface area contributed by atoms with Gasteiger partial charge < -0.3 is 20.1 Å². The summed E-state index contributed by atoms with van der Waals surface area (Å²) >= 11 is 0. The molecule has 0 spiro atoms. The van der Waals surface area contributed by atoms with Gasteiger partial charge in [0.25, 0.3) is 5.56 Å². The fourth-order valence-electron chi connectivity index (χ4n) is 8.35. The summed E-state index contributed by atoms with van der Waals surface area (Å²) in [5.74, 6) is -0.952. The molecule has 9 nitrogen and oxygen atoms in total. The Labute approximate surface area is 273 Å². The van der Waals surface area contributed by atoms with Crippen molar-refractivity contribution >= 4 is 27.5 Å². The number of benzene rings is 2. The molecule has 14 heteroatoms. The van der Waals surface area contributed by atoms with Crippen LogP contribution in [0.3, 0.4) is 0 Å². The van der Waals surface area contributed by atoms with Crippen LogP contribution in [-0.4, -0.2) is 81.1 Å². The maximum atomic E-state index is 15.1. The van der Waals surface area contributed by atoms with Crippen LogP contribution < -0.4 is 20.5 Å². The van der Waals surface area contributed by atoms with E-state index in [2.05, 4.69) is 15.3 Å². The van der Waals surface area contributed by atoms with Gasteiger partial charge in [0.05, 0.1) is 18.0 Å². The Kier molecular flexibility index (Phi) is 7.05. The zero-order valence-corrected chi connectivity index (χ0v) is 26.2. The van der Waals surface area contributed by atoms with Gasteiger partial charge in [-0.3, -0.25) is 14.3 Å². The van der Waals surface area contributed by atoms with Crippen molar-refractivity contribution in [2.24, 2.45) is 0 Å². The SMILES string of the molecule is [2H][C@]1(F)CN2CCC[C@@]2(COc2nc(N3C[C@H]4CC[C@@H](C3)N4)c3cc(C(F)(F)F)n(-c4cc(O)cc5ccc(F)c(CC)c45)c(=O)c3n2)C1. The summed E-state index contributed by atoms with van der Waals surface area (Å²) in [5.41, 5.74) is -3.85. The summed E-state index contributed by atoms with van der Waals surface area (Å²) in [6.45, 7) is 2.99. The number of fused-ring (bicyclic) bond motifs is 5. The minimum absolute atomic E-state index is 0.0587. The van der Waals surface area contributed by atoms with Gasteiger partial charge in [0.1, 0.15) is 41.3 Å². The van der Waals surface area contributed by atoms with Crippen LogP contribution in [0.2, 0.25) is 0 Å². The van der Waals surface area contributed by atoms with Gasteiger partial charge in [-0.15, -0.1) is 0 Å². The number of aryl methyl sites for hydroxylation is 1. The summed E-state index contributed by atoms with van der Waals surface area (Å²) < 4.78 is 89.7. The van der Waals surface area contributed by atoms with Crippen LogP contribution in [0.15, 0.2) is 35.1 Å². The van der Waals surface area contributed by atoms with E-state index in [0.717, 1.165) is 31.4 Å². The van der Waals surface area contributed by atoms with Crippen molar-refractivity contribution in [1.29, 1.82) is 0 Å². The van der Waals surface area contributed by atoms with Crippen molar-refractivity contribution in [3.05, 3.63) is 57.8 Å². The number of rotatable bonds is 6. The van der Waals surface area contributed by atoms with Crippen molar-refractivity contribution < 1.29 is 33.2 Å². The lowest BCUT2D eigenvalue weighted by Gasteiger charge is -2.35. The topological polar surface area (TPSA) is 95.8 Å². The van der Waals surface area contributed by atoms with E-state index >= 15 is 17.6 Å². The Balaban J connectivity index is 1.35. The van der Waals surface area contributed by atoms with Gasteiger partial charge in [-0.25, -0.2) is 8.78 Å². The molecule has 0 saturated carbocycles. The van der Waals surface area contributed by atoms with Gasteiger partial charge in [-0.2, -0.15) is 23.1 Å². The number of ether oxygens (including phenoxy) is 1. The van der Waals surface area contributed by atoms with Gasteiger partial charge >= 0.3 is 12.2 Å². The lowest BCUT2D eigenvalue weighted by molar-refractivity contribution is -0.142. The highest BCUT2D eigenvalue weighted by molar-refractivity contribution is 5.96. The fraction of sp³-hybridized carbons (Fsp3) is 0.500. The van der Waals surface area contributed by atoms with Crippen LogP contribution in [0.1, 0.15) is 51.7 Å². The molecule has 4 aromatic rings. The second kappa shape index (κ2) is 11.3. The van der Waals surface area contributed by atoms with E-state index in [1.54, 1.807) is 6.92 Å². The average Bonchev–Trinajstić information content (AvgIpc) is 3.66. The molecule has 254 valence electrons. The second-order valence-corrected chi connectivity index (χ2v) is 13.5. The van der Waals surface area contributed by atoms with Crippen LogP contribution >= 0.6 is 0 Å². The molecule has 2 N–H and O–H groups in total. The van der Waals surface area contributed by atoms with E-state index < -0.39 is 40.7 Å². The number of aromatic nitrogens is 3. The molecule has 6 heterocycles. The van der Waals surface area contributed by atoms with E-state index in [1.807, 2.05) is 9.80 Å². The number of piperazine rings is 1. The zero-order chi connectivity index (χ0) is 34.5. The number of pyridine rings is 1. The number of nitrogens with one attached hydrogen (secondary N) is 1. The molecule has 4 aliphatic heterocycles. The van der Waals surface area contributed by atoms with Gasteiger partial charge in [0, 0.05) is 49.6 Å². The smallest absolute Gasteiger partial charge is 0.431 e. The van der Waals surface area contributed by atoms with E-state index in [0.29, 0.717) is 30.6 Å². The lowest BCUT2D eigenvalue weighted by Crippen LogP contribution is -2.51. The summed E-state index contributed by atoms with van der Waals surface area (Å²) in [6.07, 6.45) is -4.04. The number of phenolic OH excluding ortho intramolecular Hbond substituents is 1. The molecule has 0 aliphatic carbocycles. The third kappa shape index (κ3) is 5.06. The number of anilines is 1. The Morgan fingerprint density at radius 1 is 1.15 bits per heavy atom. The Hall–Kier alpha value is -4.04. The minimum Gasteiger partial charge on any atom is -0.508 e. The lowest BCUT2D eigenvalue weighted by atomic mass is 9.95. The van der Waals surface area contributed by atoms with Gasteiger partial charge in [0.15, 0.2) is 0 Å². The molecule has 4 fully saturated rings. The molecule has 2 aromatic carbocycles. The maximum absolute atomic E-state index is 15.1. The Morgan fingerprint density at radius 2 is 1.92 bits per heavy atom. The summed E-state index contributed by atoms with van der Waals surface area (Å²) in [7, 11) is 0. The average molecular weight is 672 g/mol. The van der Waals surface area contributed by atoms with Gasteiger partial charge in [-0.1, -0.05) is 13.0 Å².